The Morgan fingerprint density at radius 1 is 0.621 bits per heavy atom. The number of benzene rings is 6. The average Bonchev–Trinajstić information content (AvgIpc) is 3.96. The predicted octanol–water partition coefficient (Wildman–Crippen LogP) is 13.3. The average molecular weight is 761 g/mol. The first-order chi connectivity index (χ1) is 27.6. The van der Waals surface area contributed by atoms with Gasteiger partial charge in [-0.05, 0) is 104 Å². The lowest BCUT2D eigenvalue weighted by Gasteiger charge is -2.22. The lowest BCUT2D eigenvalue weighted by atomic mass is 9.84. The second kappa shape index (κ2) is 12.8. The molecule has 0 amide bonds. The SMILES string of the molecule is CC(C)(C)c1ccc(-n2c(-c3cc(C(C)(C)C)cc4c3[nH]c3ccc(C(C)(C)C)cc34)nc3c(-c4cccc(C5=N[C@@H]6c7ccccc7C[C@@H]6O5)c4)cccc32)cc1. The third kappa shape index (κ3) is 5.97. The molecule has 0 fully saturated rings. The largest absolute Gasteiger partial charge is 0.471 e. The van der Waals surface area contributed by atoms with Gasteiger partial charge in [0.1, 0.15) is 18.0 Å². The molecule has 5 heteroatoms. The summed E-state index contributed by atoms with van der Waals surface area (Å²) >= 11 is 0. The van der Waals surface area contributed by atoms with Crippen LogP contribution in [0.15, 0.2) is 126 Å². The lowest BCUT2D eigenvalue weighted by molar-refractivity contribution is 0.206. The zero-order valence-corrected chi connectivity index (χ0v) is 35.2. The van der Waals surface area contributed by atoms with E-state index in [0.717, 1.165) is 68.2 Å². The zero-order valence-electron chi connectivity index (χ0n) is 35.2. The maximum Gasteiger partial charge on any atom is 0.217 e. The molecule has 0 saturated heterocycles. The van der Waals surface area contributed by atoms with Crippen LogP contribution in [0.4, 0.5) is 0 Å². The van der Waals surface area contributed by atoms with Gasteiger partial charge in [-0.3, -0.25) is 4.57 Å². The predicted molar refractivity (Wildman–Crippen MR) is 242 cm³/mol. The maximum atomic E-state index is 6.56. The van der Waals surface area contributed by atoms with Crippen molar-refractivity contribution in [3.63, 3.8) is 0 Å². The van der Waals surface area contributed by atoms with Crippen molar-refractivity contribution in [1.29, 1.82) is 0 Å². The van der Waals surface area contributed by atoms with Crippen molar-refractivity contribution >= 4 is 38.7 Å². The highest BCUT2D eigenvalue weighted by Crippen LogP contribution is 2.44. The molecule has 2 aliphatic rings. The lowest BCUT2D eigenvalue weighted by Crippen LogP contribution is -2.13. The molecule has 290 valence electrons. The number of aromatic nitrogens is 3. The fourth-order valence-corrected chi connectivity index (χ4v) is 9.02. The molecular formula is C53H52N4O. The summed E-state index contributed by atoms with van der Waals surface area (Å²) in [5, 5.41) is 2.47. The fraction of sp³-hybridized carbons (Fsp3) is 0.283. The van der Waals surface area contributed by atoms with E-state index in [9.17, 15) is 0 Å². The maximum absolute atomic E-state index is 6.56. The molecular weight excluding hydrogens is 709 g/mol. The molecule has 0 spiro atoms. The number of ether oxygens (including phenoxy) is 1. The number of hydrogen-bond acceptors (Lipinski definition) is 3. The molecule has 1 aliphatic heterocycles. The number of rotatable bonds is 4. The highest BCUT2D eigenvalue weighted by molar-refractivity contribution is 6.13. The van der Waals surface area contributed by atoms with E-state index in [-0.39, 0.29) is 28.4 Å². The smallest absolute Gasteiger partial charge is 0.217 e. The van der Waals surface area contributed by atoms with Crippen LogP contribution in [-0.4, -0.2) is 26.5 Å². The minimum Gasteiger partial charge on any atom is -0.471 e. The van der Waals surface area contributed by atoms with E-state index in [2.05, 4.69) is 193 Å². The summed E-state index contributed by atoms with van der Waals surface area (Å²) in [4.78, 5) is 14.7. The summed E-state index contributed by atoms with van der Waals surface area (Å²) in [5.41, 5.74) is 16.1. The Bertz CT molecular complexity index is 2960. The highest BCUT2D eigenvalue weighted by Gasteiger charge is 2.39. The van der Waals surface area contributed by atoms with Gasteiger partial charge >= 0.3 is 0 Å². The molecule has 0 radical (unpaired) electrons. The van der Waals surface area contributed by atoms with Gasteiger partial charge in [-0.15, -0.1) is 0 Å². The second-order valence-electron chi connectivity index (χ2n) is 19.6. The molecule has 0 bridgehead atoms. The van der Waals surface area contributed by atoms with E-state index in [0.29, 0.717) is 0 Å². The van der Waals surface area contributed by atoms with Crippen molar-refractivity contribution < 1.29 is 4.74 Å². The van der Waals surface area contributed by atoms with E-state index < -0.39 is 0 Å². The van der Waals surface area contributed by atoms with E-state index in [4.69, 9.17) is 14.7 Å². The van der Waals surface area contributed by atoms with Gasteiger partial charge in [-0.1, -0.05) is 129 Å². The monoisotopic (exact) mass is 760 g/mol. The van der Waals surface area contributed by atoms with Gasteiger partial charge in [0.25, 0.3) is 0 Å². The van der Waals surface area contributed by atoms with Crippen LogP contribution in [0, 0.1) is 0 Å². The Morgan fingerprint density at radius 3 is 2.07 bits per heavy atom. The molecule has 2 atom stereocenters. The topological polar surface area (TPSA) is 55.2 Å². The molecule has 58 heavy (non-hydrogen) atoms. The Kier molecular flexibility index (Phi) is 8.02. The quantitative estimate of drug-likeness (QED) is 0.194. The Morgan fingerprint density at radius 2 is 1.31 bits per heavy atom. The number of aliphatic imine (C=N–C) groups is 1. The van der Waals surface area contributed by atoms with Crippen molar-refractivity contribution in [2.75, 3.05) is 0 Å². The molecule has 0 saturated carbocycles. The number of hydrogen-bond donors (Lipinski definition) is 1. The third-order valence-corrected chi connectivity index (χ3v) is 12.4. The van der Waals surface area contributed by atoms with E-state index in [1.807, 2.05) is 0 Å². The molecule has 5 nitrogen and oxygen atoms in total. The van der Waals surface area contributed by atoms with Crippen LogP contribution in [0.5, 0.6) is 0 Å². The zero-order chi connectivity index (χ0) is 40.3. The van der Waals surface area contributed by atoms with Gasteiger partial charge in [0.15, 0.2) is 0 Å². The second-order valence-corrected chi connectivity index (χ2v) is 19.6. The van der Waals surface area contributed by atoms with Crippen molar-refractivity contribution in [2.24, 2.45) is 4.99 Å². The molecule has 6 aromatic carbocycles. The summed E-state index contributed by atoms with van der Waals surface area (Å²) in [6.45, 7) is 20.6. The molecule has 1 N–H and O–H groups in total. The number of H-pyrrole nitrogens is 1. The Hall–Kier alpha value is -5.94. The van der Waals surface area contributed by atoms with E-state index >= 15 is 0 Å². The first-order valence-corrected chi connectivity index (χ1v) is 20.8. The van der Waals surface area contributed by atoms with Gasteiger partial charge in [-0.25, -0.2) is 9.98 Å². The Labute approximate surface area is 341 Å². The van der Waals surface area contributed by atoms with Gasteiger partial charge in [0.2, 0.25) is 5.90 Å². The van der Waals surface area contributed by atoms with Crippen LogP contribution < -0.4 is 0 Å². The summed E-state index contributed by atoms with van der Waals surface area (Å²) in [6, 6.07) is 44.6. The van der Waals surface area contributed by atoms with Crippen molar-refractivity contribution in [1.82, 2.24) is 14.5 Å². The number of aromatic amines is 1. The van der Waals surface area contributed by atoms with Crippen LogP contribution in [0.3, 0.4) is 0 Å². The number of para-hydroxylation sites is 1. The minimum absolute atomic E-state index is 0.0317. The summed E-state index contributed by atoms with van der Waals surface area (Å²) in [7, 11) is 0. The van der Waals surface area contributed by atoms with Gasteiger partial charge in [-0.2, -0.15) is 0 Å². The third-order valence-electron chi connectivity index (χ3n) is 12.4. The molecule has 10 rings (SSSR count). The van der Waals surface area contributed by atoms with Gasteiger partial charge < -0.3 is 9.72 Å². The van der Waals surface area contributed by atoms with Crippen LogP contribution >= 0.6 is 0 Å². The van der Waals surface area contributed by atoms with Crippen LogP contribution in [0.25, 0.3) is 61.0 Å². The normalized spacial score (nSPS) is 16.9. The number of fused-ring (bicyclic) bond motifs is 7. The Balaban J connectivity index is 1.19. The van der Waals surface area contributed by atoms with Crippen molar-refractivity contribution in [3.05, 3.63) is 155 Å². The van der Waals surface area contributed by atoms with Gasteiger partial charge in [0.05, 0.1) is 16.6 Å². The summed E-state index contributed by atoms with van der Waals surface area (Å²) in [6.07, 6.45) is 0.939. The number of imidazole rings is 1. The van der Waals surface area contributed by atoms with E-state index in [1.165, 1.54) is 38.6 Å². The van der Waals surface area contributed by atoms with Crippen molar-refractivity contribution in [3.8, 4) is 28.2 Å². The first-order valence-electron chi connectivity index (χ1n) is 20.8. The van der Waals surface area contributed by atoms with Gasteiger partial charge in [0, 0.05) is 45.1 Å². The fourth-order valence-electron chi connectivity index (χ4n) is 9.02. The molecule has 0 unspecified atom stereocenters. The van der Waals surface area contributed by atoms with E-state index in [1.54, 1.807) is 0 Å². The number of nitrogens with zero attached hydrogens (tertiary/aromatic N) is 3. The number of nitrogens with one attached hydrogen (secondary N) is 1. The van der Waals surface area contributed by atoms with Crippen LogP contribution in [0.1, 0.15) is 102 Å². The van der Waals surface area contributed by atoms with Crippen LogP contribution in [0.2, 0.25) is 0 Å². The minimum atomic E-state index is -0.0867. The molecule has 3 heterocycles. The standard InChI is InChI=1S/C53H52N4O/c1-51(2,3)34-20-23-37(24-21-34)57-44-19-13-18-38(31-15-12-16-33(26-31)50-56-48-39-17-11-10-14-32(39)27-45(48)58-50)47(44)55-49(57)42-30-36(53(7,8)9)29-41-40-28-35(52(4,5)6)22-25-43(40)54-46(41)42/h10-26,28-30,45,48,54H,27H2,1-9H3/t45-,48+/m0/s1. The highest BCUT2D eigenvalue weighted by atomic mass is 16.5. The molecule has 2 aromatic heterocycles. The summed E-state index contributed by atoms with van der Waals surface area (Å²) < 4.78 is 8.93. The van der Waals surface area contributed by atoms with Crippen LogP contribution in [-0.2, 0) is 27.4 Å². The summed E-state index contributed by atoms with van der Waals surface area (Å²) in [5.74, 6) is 1.63. The van der Waals surface area contributed by atoms with Crippen molar-refractivity contribution in [2.45, 2.75) is 97.1 Å². The first kappa shape index (κ1) is 36.4. The molecule has 8 aromatic rings. The molecule has 1 aliphatic carbocycles.